The predicted octanol–water partition coefficient (Wildman–Crippen LogP) is 4.08. The molecule has 2 fully saturated rings. The Hall–Kier alpha value is -1.98. The van der Waals surface area contributed by atoms with Crippen molar-refractivity contribution >= 4 is 21.7 Å². The summed E-state index contributed by atoms with van der Waals surface area (Å²) in [4.78, 5) is 25.7. The minimum atomic E-state index is -4.64. The van der Waals surface area contributed by atoms with E-state index in [0.717, 1.165) is 12.1 Å². The molecule has 0 radical (unpaired) electrons. The number of rotatable bonds is 12. The van der Waals surface area contributed by atoms with E-state index in [2.05, 4.69) is 5.32 Å². The highest BCUT2D eigenvalue weighted by Gasteiger charge is 2.44. The minimum Gasteiger partial charge on any atom is -0.341 e. The quantitative estimate of drug-likeness (QED) is 0.428. The van der Waals surface area contributed by atoms with Crippen LogP contribution in [0.5, 0.6) is 0 Å². The van der Waals surface area contributed by atoms with Crippen LogP contribution in [-0.4, -0.2) is 67.6 Å². The number of piperidine rings is 1. The standard InChI is InChI=1S/C26H38F3N3O4S/c1-18(15-30-16-19(2)20(3)33)9-12-25(34)31-13-5-7-23(17-31)32(22-10-11-22)37(35,36)24-8-4-6-21(14-24)26(27,28)29/h4,6,8,14,18-19,22-23,30H,5,7,9-13,15-17H2,1-3H3. The number of nitrogens with zero attached hydrogens (tertiary/aromatic N) is 2. The number of nitrogens with one attached hydrogen (secondary N) is 1. The van der Waals surface area contributed by atoms with Gasteiger partial charge in [-0.05, 0) is 69.7 Å². The van der Waals surface area contributed by atoms with Crippen LogP contribution in [0.4, 0.5) is 13.2 Å². The first-order chi connectivity index (χ1) is 17.3. The van der Waals surface area contributed by atoms with Crippen LogP contribution in [0.3, 0.4) is 0 Å². The molecule has 11 heteroatoms. The van der Waals surface area contributed by atoms with E-state index in [0.29, 0.717) is 64.2 Å². The van der Waals surface area contributed by atoms with Crippen LogP contribution >= 0.6 is 0 Å². The molecular formula is C26H38F3N3O4S. The van der Waals surface area contributed by atoms with Gasteiger partial charge in [0.2, 0.25) is 15.9 Å². The molecule has 3 unspecified atom stereocenters. The lowest BCUT2D eigenvalue weighted by atomic mass is 10.0. The van der Waals surface area contributed by atoms with E-state index < -0.39 is 27.8 Å². The van der Waals surface area contributed by atoms with Crippen molar-refractivity contribution in [1.82, 2.24) is 14.5 Å². The lowest BCUT2D eigenvalue weighted by molar-refractivity contribution is -0.137. The molecule has 1 aromatic carbocycles. The van der Waals surface area contributed by atoms with Gasteiger partial charge in [-0.1, -0.05) is 19.9 Å². The largest absolute Gasteiger partial charge is 0.416 e. The van der Waals surface area contributed by atoms with Crippen molar-refractivity contribution in [3.05, 3.63) is 29.8 Å². The van der Waals surface area contributed by atoms with Gasteiger partial charge in [0.25, 0.3) is 0 Å². The van der Waals surface area contributed by atoms with E-state index in [-0.39, 0.29) is 41.0 Å². The van der Waals surface area contributed by atoms with Crippen LogP contribution in [0, 0.1) is 11.8 Å². The zero-order chi connectivity index (χ0) is 27.4. The molecule has 3 atom stereocenters. The van der Waals surface area contributed by atoms with Gasteiger partial charge < -0.3 is 10.2 Å². The first kappa shape index (κ1) is 29.6. The second kappa shape index (κ2) is 12.3. The summed E-state index contributed by atoms with van der Waals surface area (Å²) in [5.41, 5.74) is -0.996. The average molecular weight is 546 g/mol. The van der Waals surface area contributed by atoms with E-state index in [4.69, 9.17) is 0 Å². The molecule has 1 saturated heterocycles. The SMILES string of the molecule is CC(=O)C(C)CNCC(C)CCC(=O)N1CCCC(N(C2CC2)S(=O)(=O)c2cccc(C(F)(F)F)c2)C1. The third kappa shape index (κ3) is 8.00. The van der Waals surface area contributed by atoms with Gasteiger partial charge in [0.15, 0.2) is 0 Å². The molecule has 2 aliphatic rings. The Morgan fingerprint density at radius 1 is 1.14 bits per heavy atom. The lowest BCUT2D eigenvalue weighted by Crippen LogP contribution is -2.52. The van der Waals surface area contributed by atoms with Gasteiger partial charge in [-0.2, -0.15) is 17.5 Å². The summed E-state index contributed by atoms with van der Waals surface area (Å²) in [6.45, 7) is 7.55. The Morgan fingerprint density at radius 3 is 2.46 bits per heavy atom. The van der Waals surface area contributed by atoms with Gasteiger partial charge in [-0.25, -0.2) is 8.42 Å². The van der Waals surface area contributed by atoms with Gasteiger partial charge in [0, 0.05) is 44.1 Å². The molecule has 1 aromatic rings. The van der Waals surface area contributed by atoms with Gasteiger partial charge >= 0.3 is 6.18 Å². The summed E-state index contributed by atoms with van der Waals surface area (Å²) in [7, 11) is -4.16. The monoisotopic (exact) mass is 545 g/mol. The molecule has 1 N–H and O–H groups in total. The van der Waals surface area contributed by atoms with Crippen molar-refractivity contribution in [3.8, 4) is 0 Å². The van der Waals surface area contributed by atoms with E-state index in [1.807, 2.05) is 13.8 Å². The number of carbonyl (C=O) groups is 2. The number of benzene rings is 1. The first-order valence-corrected chi connectivity index (χ1v) is 14.4. The van der Waals surface area contributed by atoms with Crippen molar-refractivity contribution in [2.45, 2.75) is 82.5 Å². The Labute approximate surface area is 217 Å². The number of hydrogen-bond donors (Lipinski definition) is 1. The molecule has 0 aromatic heterocycles. The second-order valence-corrected chi connectivity index (χ2v) is 12.4. The number of alkyl halides is 3. The Balaban J connectivity index is 1.62. The second-order valence-electron chi connectivity index (χ2n) is 10.5. The van der Waals surface area contributed by atoms with E-state index >= 15 is 0 Å². The Bertz CT molecular complexity index is 1060. The zero-order valence-electron chi connectivity index (χ0n) is 21.8. The molecule has 0 spiro atoms. The van der Waals surface area contributed by atoms with Crippen molar-refractivity contribution < 1.29 is 31.2 Å². The highest BCUT2D eigenvalue weighted by atomic mass is 32.2. The van der Waals surface area contributed by atoms with Crippen LogP contribution in [0.1, 0.15) is 64.9 Å². The summed E-state index contributed by atoms with van der Waals surface area (Å²) >= 11 is 0. The molecule has 0 bridgehead atoms. The fourth-order valence-corrected chi connectivity index (χ4v) is 6.62. The Kier molecular flexibility index (Phi) is 9.79. The summed E-state index contributed by atoms with van der Waals surface area (Å²) in [5.74, 6) is 0.264. The van der Waals surface area contributed by atoms with Crippen LogP contribution in [0.15, 0.2) is 29.2 Å². The van der Waals surface area contributed by atoms with Gasteiger partial charge in [0.1, 0.15) is 5.78 Å². The average Bonchev–Trinajstić information content (AvgIpc) is 3.67. The van der Waals surface area contributed by atoms with Gasteiger partial charge in [0.05, 0.1) is 10.5 Å². The molecule has 1 aliphatic heterocycles. The maximum atomic E-state index is 13.5. The fourth-order valence-electron chi connectivity index (χ4n) is 4.68. The van der Waals surface area contributed by atoms with Crippen molar-refractivity contribution in [3.63, 3.8) is 0 Å². The summed E-state index contributed by atoms with van der Waals surface area (Å²) in [5, 5.41) is 3.27. The topological polar surface area (TPSA) is 86.8 Å². The molecule has 3 rings (SSSR count). The van der Waals surface area contributed by atoms with Gasteiger partial charge in [-0.15, -0.1) is 0 Å². The number of halogens is 3. The van der Waals surface area contributed by atoms with Crippen LogP contribution in [0.2, 0.25) is 0 Å². The molecule has 37 heavy (non-hydrogen) atoms. The smallest absolute Gasteiger partial charge is 0.341 e. The highest BCUT2D eigenvalue weighted by Crippen LogP contribution is 2.38. The van der Waals surface area contributed by atoms with E-state index in [9.17, 15) is 31.2 Å². The van der Waals surface area contributed by atoms with Crippen molar-refractivity contribution in [1.29, 1.82) is 0 Å². The molecule has 1 heterocycles. The molecule has 7 nitrogen and oxygen atoms in total. The van der Waals surface area contributed by atoms with E-state index in [1.165, 1.54) is 10.4 Å². The maximum absolute atomic E-state index is 13.5. The molecular weight excluding hydrogens is 507 g/mol. The Morgan fingerprint density at radius 2 is 1.84 bits per heavy atom. The van der Waals surface area contributed by atoms with Crippen LogP contribution in [-0.2, 0) is 25.8 Å². The zero-order valence-corrected chi connectivity index (χ0v) is 22.6. The molecule has 208 valence electrons. The molecule has 1 saturated carbocycles. The molecule has 1 aliphatic carbocycles. The number of carbonyl (C=O) groups excluding carboxylic acids is 2. The van der Waals surface area contributed by atoms with Crippen LogP contribution in [0.25, 0.3) is 0 Å². The summed E-state index contributed by atoms with van der Waals surface area (Å²) < 4.78 is 68.0. The number of hydrogen-bond acceptors (Lipinski definition) is 5. The number of ketones is 1. The lowest BCUT2D eigenvalue weighted by Gasteiger charge is -2.39. The fraction of sp³-hybridized carbons (Fsp3) is 0.692. The maximum Gasteiger partial charge on any atom is 0.416 e. The van der Waals surface area contributed by atoms with Crippen molar-refractivity contribution in [2.75, 3.05) is 26.2 Å². The van der Waals surface area contributed by atoms with E-state index in [1.54, 1.807) is 11.8 Å². The normalized spacial score (nSPS) is 20.6. The minimum absolute atomic E-state index is 0.0409. The highest BCUT2D eigenvalue weighted by molar-refractivity contribution is 7.89. The summed E-state index contributed by atoms with van der Waals surface area (Å²) in [6.07, 6.45) is -1.12. The van der Waals surface area contributed by atoms with Gasteiger partial charge in [-0.3, -0.25) is 9.59 Å². The number of sulfonamides is 1. The number of likely N-dealkylation sites (tertiary alicyclic amines) is 1. The third-order valence-electron chi connectivity index (χ3n) is 7.24. The van der Waals surface area contributed by atoms with Crippen LogP contribution < -0.4 is 5.32 Å². The predicted molar refractivity (Wildman–Crippen MR) is 134 cm³/mol. The number of Topliss-reactive ketones (excluding diaryl/α,β-unsaturated/α-hetero) is 1. The number of amides is 1. The first-order valence-electron chi connectivity index (χ1n) is 13.0. The molecule has 1 amide bonds. The third-order valence-corrected chi connectivity index (χ3v) is 9.24. The van der Waals surface area contributed by atoms with Crippen molar-refractivity contribution in [2.24, 2.45) is 11.8 Å². The summed E-state index contributed by atoms with van der Waals surface area (Å²) in [6, 6.07) is 3.18.